The number of ether oxygens (including phenoxy) is 4. The first kappa shape index (κ1) is 21.2. The van der Waals surface area contributed by atoms with E-state index in [1.807, 2.05) is 0 Å². The molecule has 2 atom stereocenters. The van der Waals surface area contributed by atoms with Gasteiger partial charge in [0, 0.05) is 0 Å². The lowest BCUT2D eigenvalue weighted by Gasteiger charge is -2.16. The van der Waals surface area contributed by atoms with Crippen molar-refractivity contribution >= 4 is 11.9 Å². The van der Waals surface area contributed by atoms with E-state index in [0.717, 1.165) is 0 Å². The van der Waals surface area contributed by atoms with E-state index in [1.165, 1.54) is 14.2 Å². The Hall–Kier alpha value is -3.10. The van der Waals surface area contributed by atoms with Crippen molar-refractivity contribution in [2.75, 3.05) is 14.2 Å². The van der Waals surface area contributed by atoms with Crippen LogP contribution in [-0.2, 0) is 32.3 Å². The summed E-state index contributed by atoms with van der Waals surface area (Å²) in [5.74, 6) is -0.982. The van der Waals surface area contributed by atoms with E-state index < -0.39 is 24.1 Å². The zero-order valence-corrected chi connectivity index (χ0v) is 15.5. The molecular weight excluding hydrogens is 368 g/mol. The fourth-order valence-corrected chi connectivity index (χ4v) is 2.18. The molecule has 0 spiro atoms. The van der Waals surface area contributed by atoms with Crippen LogP contribution in [0.5, 0.6) is 11.5 Å². The van der Waals surface area contributed by atoms with E-state index in [0.29, 0.717) is 22.6 Å². The lowest BCUT2D eigenvalue weighted by molar-refractivity contribution is -0.174. The number of benzene rings is 2. The van der Waals surface area contributed by atoms with E-state index in [2.05, 4.69) is 0 Å². The molecule has 2 rings (SSSR count). The van der Waals surface area contributed by atoms with Gasteiger partial charge < -0.3 is 29.2 Å². The number of hydrogen-bond acceptors (Lipinski definition) is 8. The van der Waals surface area contributed by atoms with Crippen molar-refractivity contribution in [3.8, 4) is 11.5 Å². The molecule has 150 valence electrons. The number of aliphatic hydroxyl groups excluding tert-OH is 2. The van der Waals surface area contributed by atoms with Gasteiger partial charge in [-0.15, -0.1) is 0 Å². The summed E-state index contributed by atoms with van der Waals surface area (Å²) >= 11 is 0. The molecule has 2 N–H and O–H groups in total. The van der Waals surface area contributed by atoms with Gasteiger partial charge in [-0.1, -0.05) is 24.3 Å². The molecule has 0 bridgehead atoms. The Bertz CT molecular complexity index is 702. The zero-order chi connectivity index (χ0) is 20.5. The maximum Gasteiger partial charge on any atom is 0.338 e. The molecule has 0 aliphatic carbocycles. The molecular formula is C20H22O8. The Morgan fingerprint density at radius 3 is 1.32 bits per heavy atom. The topological polar surface area (TPSA) is 112 Å². The van der Waals surface area contributed by atoms with Crippen molar-refractivity contribution in [1.82, 2.24) is 0 Å². The molecule has 28 heavy (non-hydrogen) atoms. The van der Waals surface area contributed by atoms with Gasteiger partial charge in [-0.3, -0.25) is 0 Å². The van der Waals surface area contributed by atoms with Crippen LogP contribution in [0.1, 0.15) is 11.1 Å². The number of carbonyl (C=O) groups is 2. The summed E-state index contributed by atoms with van der Waals surface area (Å²) < 4.78 is 19.9. The number of carbonyl (C=O) groups excluding carboxylic acids is 2. The summed E-state index contributed by atoms with van der Waals surface area (Å²) in [6, 6.07) is 13.5. The van der Waals surface area contributed by atoms with Crippen LogP contribution in [-0.4, -0.2) is 48.6 Å². The number of rotatable bonds is 9. The average molecular weight is 390 g/mol. The molecule has 0 saturated carbocycles. The Morgan fingerprint density at radius 1 is 0.714 bits per heavy atom. The van der Waals surface area contributed by atoms with Crippen LogP contribution >= 0.6 is 0 Å². The summed E-state index contributed by atoms with van der Waals surface area (Å²) in [4.78, 5) is 23.7. The van der Waals surface area contributed by atoms with Crippen molar-refractivity contribution in [3.63, 3.8) is 0 Å². The van der Waals surface area contributed by atoms with Crippen LogP contribution in [0.15, 0.2) is 48.5 Å². The average Bonchev–Trinajstić information content (AvgIpc) is 2.75. The van der Waals surface area contributed by atoms with Gasteiger partial charge in [-0.2, -0.15) is 0 Å². The molecule has 0 radical (unpaired) electrons. The third-order valence-corrected chi connectivity index (χ3v) is 3.86. The fraction of sp³-hybridized carbons (Fsp3) is 0.300. The SMILES string of the molecule is COc1ccc(COC(=O)C(O)C(O)C(=O)OCc2ccc(OC)cc2)cc1. The molecule has 2 unspecified atom stereocenters. The van der Waals surface area contributed by atoms with Crippen molar-refractivity contribution in [2.24, 2.45) is 0 Å². The number of aliphatic hydroxyl groups is 2. The van der Waals surface area contributed by atoms with Gasteiger partial charge in [-0.25, -0.2) is 9.59 Å². The van der Waals surface area contributed by atoms with Gasteiger partial charge >= 0.3 is 11.9 Å². The largest absolute Gasteiger partial charge is 0.497 e. The third-order valence-electron chi connectivity index (χ3n) is 3.86. The quantitative estimate of drug-likeness (QED) is 0.615. The van der Waals surface area contributed by atoms with Crippen LogP contribution in [0.4, 0.5) is 0 Å². The molecule has 2 aromatic carbocycles. The monoisotopic (exact) mass is 390 g/mol. The molecule has 0 amide bonds. The van der Waals surface area contributed by atoms with Gasteiger partial charge in [0.05, 0.1) is 14.2 Å². The Kier molecular flexibility index (Phi) is 7.79. The second kappa shape index (κ2) is 10.3. The maximum absolute atomic E-state index is 11.9. The molecule has 0 heterocycles. The molecule has 8 nitrogen and oxygen atoms in total. The van der Waals surface area contributed by atoms with Crippen molar-refractivity contribution in [1.29, 1.82) is 0 Å². The Balaban J connectivity index is 1.80. The second-order valence-electron chi connectivity index (χ2n) is 5.80. The summed E-state index contributed by atoms with van der Waals surface area (Å²) in [5, 5.41) is 19.6. The molecule has 0 aliphatic heterocycles. The number of methoxy groups -OCH3 is 2. The van der Waals surface area contributed by atoms with Crippen LogP contribution < -0.4 is 9.47 Å². The Labute approximate surface area is 162 Å². The van der Waals surface area contributed by atoms with E-state index in [1.54, 1.807) is 48.5 Å². The van der Waals surface area contributed by atoms with Crippen LogP contribution in [0.3, 0.4) is 0 Å². The van der Waals surface area contributed by atoms with E-state index in [4.69, 9.17) is 18.9 Å². The first-order valence-electron chi connectivity index (χ1n) is 8.40. The summed E-state index contributed by atoms with van der Waals surface area (Å²) in [6.07, 6.45) is -4.11. The minimum atomic E-state index is -2.05. The zero-order valence-electron chi connectivity index (χ0n) is 15.5. The molecule has 0 fully saturated rings. The minimum Gasteiger partial charge on any atom is -0.497 e. The van der Waals surface area contributed by atoms with Crippen molar-refractivity contribution in [2.45, 2.75) is 25.4 Å². The number of esters is 2. The standard InChI is InChI=1S/C20H22O8/c1-25-15-7-3-13(4-8-15)11-27-19(23)17(21)18(22)20(24)28-12-14-5-9-16(26-2)10-6-14/h3-10,17-18,21-22H,11-12H2,1-2H3. The Morgan fingerprint density at radius 2 is 1.04 bits per heavy atom. The summed E-state index contributed by atoms with van der Waals surface area (Å²) in [6.45, 7) is -0.263. The van der Waals surface area contributed by atoms with E-state index in [9.17, 15) is 19.8 Å². The first-order valence-corrected chi connectivity index (χ1v) is 8.40. The van der Waals surface area contributed by atoms with Crippen LogP contribution in [0, 0.1) is 0 Å². The lowest BCUT2D eigenvalue weighted by atomic mass is 10.2. The van der Waals surface area contributed by atoms with Gasteiger partial charge in [-0.05, 0) is 35.4 Å². The van der Waals surface area contributed by atoms with E-state index in [-0.39, 0.29) is 13.2 Å². The molecule has 0 aliphatic rings. The van der Waals surface area contributed by atoms with Gasteiger partial charge in [0.25, 0.3) is 0 Å². The van der Waals surface area contributed by atoms with Gasteiger partial charge in [0.15, 0.2) is 12.2 Å². The molecule has 0 aromatic heterocycles. The smallest absolute Gasteiger partial charge is 0.338 e. The normalized spacial score (nSPS) is 12.6. The predicted molar refractivity (Wildman–Crippen MR) is 97.6 cm³/mol. The summed E-state index contributed by atoms with van der Waals surface area (Å²) in [7, 11) is 3.06. The highest BCUT2D eigenvalue weighted by Crippen LogP contribution is 2.14. The minimum absolute atomic E-state index is 0.131. The molecule has 0 saturated heterocycles. The third kappa shape index (κ3) is 5.97. The second-order valence-corrected chi connectivity index (χ2v) is 5.80. The fourth-order valence-electron chi connectivity index (χ4n) is 2.18. The highest BCUT2D eigenvalue weighted by atomic mass is 16.6. The highest BCUT2D eigenvalue weighted by Gasteiger charge is 2.33. The molecule has 2 aromatic rings. The first-order chi connectivity index (χ1) is 13.4. The van der Waals surface area contributed by atoms with Gasteiger partial charge in [0.2, 0.25) is 0 Å². The lowest BCUT2D eigenvalue weighted by Crippen LogP contribution is -2.41. The summed E-state index contributed by atoms with van der Waals surface area (Å²) in [5.41, 5.74) is 1.30. The highest BCUT2D eigenvalue weighted by molar-refractivity contribution is 5.85. The van der Waals surface area contributed by atoms with Crippen LogP contribution in [0.25, 0.3) is 0 Å². The number of hydrogen-bond donors (Lipinski definition) is 2. The van der Waals surface area contributed by atoms with Crippen molar-refractivity contribution in [3.05, 3.63) is 59.7 Å². The maximum atomic E-state index is 11.9. The van der Waals surface area contributed by atoms with Gasteiger partial charge in [0.1, 0.15) is 24.7 Å². The molecule has 8 heteroatoms. The van der Waals surface area contributed by atoms with Crippen molar-refractivity contribution < 1.29 is 38.7 Å². The van der Waals surface area contributed by atoms with E-state index >= 15 is 0 Å². The van der Waals surface area contributed by atoms with Crippen LogP contribution in [0.2, 0.25) is 0 Å². The predicted octanol–water partition coefficient (Wildman–Crippen LogP) is 1.21.